The van der Waals surface area contributed by atoms with E-state index in [1.165, 1.54) is 0 Å². The van der Waals surface area contributed by atoms with Crippen LogP contribution in [0.2, 0.25) is 5.02 Å². The van der Waals surface area contributed by atoms with E-state index in [0.717, 1.165) is 30.9 Å². The second-order valence-corrected chi connectivity index (χ2v) is 5.63. The molecule has 1 atom stereocenters. The van der Waals surface area contributed by atoms with E-state index in [-0.39, 0.29) is 11.9 Å². The van der Waals surface area contributed by atoms with E-state index in [1.807, 2.05) is 23.1 Å². The van der Waals surface area contributed by atoms with Crippen LogP contribution in [0, 0.1) is 0 Å². The Kier molecular flexibility index (Phi) is 3.68. The molecule has 1 amide bonds. The predicted octanol–water partition coefficient (Wildman–Crippen LogP) is 1.94. The third-order valence-electron chi connectivity index (χ3n) is 3.72. The van der Waals surface area contributed by atoms with Crippen molar-refractivity contribution in [3.8, 4) is 5.75 Å². The summed E-state index contributed by atoms with van der Waals surface area (Å²) in [7, 11) is 0. The van der Waals surface area contributed by atoms with Gasteiger partial charge in [-0.25, -0.2) is 0 Å². The summed E-state index contributed by atoms with van der Waals surface area (Å²) in [6, 6.07) is 5.66. The highest BCUT2D eigenvalue weighted by Gasteiger charge is 2.27. The molecule has 0 aromatic heterocycles. The third kappa shape index (κ3) is 2.53. The summed E-state index contributed by atoms with van der Waals surface area (Å²) in [5, 5.41) is 3.93. The molecule has 4 nitrogen and oxygen atoms in total. The van der Waals surface area contributed by atoms with Crippen molar-refractivity contribution in [1.29, 1.82) is 0 Å². The number of nitrogens with zero attached hydrogens (tertiary/aromatic N) is 1. The normalized spacial score (nSPS) is 21.8. The van der Waals surface area contributed by atoms with Crippen molar-refractivity contribution in [2.24, 2.45) is 0 Å². The fourth-order valence-corrected chi connectivity index (χ4v) is 2.78. The first-order valence-electron chi connectivity index (χ1n) is 6.80. The van der Waals surface area contributed by atoms with Crippen molar-refractivity contribution in [1.82, 2.24) is 10.2 Å². The number of amides is 1. The van der Waals surface area contributed by atoms with Crippen LogP contribution in [0.3, 0.4) is 0 Å². The lowest BCUT2D eigenvalue weighted by Crippen LogP contribution is -2.53. The molecule has 5 heteroatoms. The van der Waals surface area contributed by atoms with Crippen LogP contribution >= 0.6 is 11.6 Å². The summed E-state index contributed by atoms with van der Waals surface area (Å²) in [5.41, 5.74) is 1.56. The molecule has 2 heterocycles. The fourth-order valence-electron chi connectivity index (χ4n) is 2.60. The quantitative estimate of drug-likeness (QED) is 0.860. The van der Waals surface area contributed by atoms with E-state index in [9.17, 15) is 4.79 Å². The first-order valence-corrected chi connectivity index (χ1v) is 7.17. The predicted molar refractivity (Wildman–Crippen MR) is 79.0 cm³/mol. The van der Waals surface area contributed by atoms with Crippen molar-refractivity contribution in [2.75, 3.05) is 26.2 Å². The van der Waals surface area contributed by atoms with Gasteiger partial charge < -0.3 is 15.0 Å². The van der Waals surface area contributed by atoms with E-state index in [4.69, 9.17) is 16.3 Å². The molecule has 1 fully saturated rings. The van der Waals surface area contributed by atoms with Crippen LogP contribution in [0.1, 0.15) is 12.5 Å². The highest BCUT2D eigenvalue weighted by atomic mass is 35.5. The van der Waals surface area contributed by atoms with Gasteiger partial charge in [0.05, 0.1) is 5.57 Å². The van der Waals surface area contributed by atoms with Crippen LogP contribution < -0.4 is 10.1 Å². The molecule has 0 aliphatic carbocycles. The van der Waals surface area contributed by atoms with Gasteiger partial charge in [0.1, 0.15) is 12.4 Å². The van der Waals surface area contributed by atoms with Gasteiger partial charge in [0.25, 0.3) is 5.91 Å². The third-order valence-corrected chi connectivity index (χ3v) is 3.96. The van der Waals surface area contributed by atoms with Crippen molar-refractivity contribution >= 4 is 23.6 Å². The molecule has 1 aromatic rings. The van der Waals surface area contributed by atoms with E-state index < -0.39 is 0 Å². The zero-order valence-corrected chi connectivity index (χ0v) is 12.1. The zero-order chi connectivity index (χ0) is 14.1. The Labute approximate surface area is 123 Å². The Morgan fingerprint density at radius 3 is 3.15 bits per heavy atom. The minimum absolute atomic E-state index is 0.0598. The molecular weight excluding hydrogens is 276 g/mol. The molecule has 0 bridgehead atoms. The lowest BCUT2D eigenvalue weighted by molar-refractivity contribution is -0.130. The second kappa shape index (κ2) is 5.46. The minimum Gasteiger partial charge on any atom is -0.488 e. The number of carbonyl (C=O) groups is 1. The Morgan fingerprint density at radius 1 is 1.50 bits per heavy atom. The second-order valence-electron chi connectivity index (χ2n) is 5.19. The van der Waals surface area contributed by atoms with Crippen molar-refractivity contribution < 1.29 is 9.53 Å². The number of fused-ring (bicyclic) bond motifs is 1. The molecule has 0 radical (unpaired) electrons. The van der Waals surface area contributed by atoms with E-state index in [0.29, 0.717) is 17.2 Å². The lowest BCUT2D eigenvalue weighted by Gasteiger charge is -2.35. The Bertz CT molecular complexity index is 571. The summed E-state index contributed by atoms with van der Waals surface area (Å²) in [5.74, 6) is 0.837. The van der Waals surface area contributed by atoms with E-state index >= 15 is 0 Å². The Morgan fingerprint density at radius 2 is 2.35 bits per heavy atom. The molecule has 20 heavy (non-hydrogen) atoms. The van der Waals surface area contributed by atoms with Gasteiger partial charge in [-0.3, -0.25) is 4.79 Å². The van der Waals surface area contributed by atoms with Crippen molar-refractivity contribution in [2.45, 2.75) is 13.0 Å². The highest BCUT2D eigenvalue weighted by molar-refractivity contribution is 6.30. The van der Waals surface area contributed by atoms with Crippen LogP contribution in [0.5, 0.6) is 5.75 Å². The maximum Gasteiger partial charge on any atom is 0.253 e. The van der Waals surface area contributed by atoms with Gasteiger partial charge >= 0.3 is 0 Å². The lowest BCUT2D eigenvalue weighted by atomic mass is 10.1. The molecule has 1 saturated heterocycles. The molecule has 2 aliphatic heterocycles. The first-order chi connectivity index (χ1) is 9.65. The van der Waals surface area contributed by atoms with Gasteiger partial charge in [0, 0.05) is 36.3 Å². The number of rotatable bonds is 1. The summed E-state index contributed by atoms with van der Waals surface area (Å²) >= 11 is 5.99. The average Bonchev–Trinajstić information content (AvgIpc) is 2.46. The molecule has 0 saturated carbocycles. The maximum atomic E-state index is 12.6. The van der Waals surface area contributed by atoms with Crippen LogP contribution in [0.25, 0.3) is 6.08 Å². The first kappa shape index (κ1) is 13.5. The van der Waals surface area contributed by atoms with Crippen LogP contribution in [0.15, 0.2) is 23.8 Å². The number of hydrogen-bond acceptors (Lipinski definition) is 3. The fraction of sp³-hybridized carbons (Fsp3) is 0.400. The van der Waals surface area contributed by atoms with Gasteiger partial charge in [-0.05, 0) is 31.2 Å². The van der Waals surface area contributed by atoms with Gasteiger partial charge in [-0.2, -0.15) is 0 Å². The Hall–Kier alpha value is -1.52. The number of ether oxygens (including phenoxy) is 1. The largest absolute Gasteiger partial charge is 0.488 e. The number of carbonyl (C=O) groups excluding carboxylic acids is 1. The van der Waals surface area contributed by atoms with Gasteiger partial charge in [0.15, 0.2) is 0 Å². The highest BCUT2D eigenvalue weighted by Crippen LogP contribution is 2.29. The number of benzene rings is 1. The number of piperazine rings is 1. The molecule has 1 N–H and O–H groups in total. The number of halogens is 1. The van der Waals surface area contributed by atoms with E-state index in [1.54, 1.807) is 6.07 Å². The van der Waals surface area contributed by atoms with Gasteiger partial charge in [0.2, 0.25) is 0 Å². The SMILES string of the molecule is C[C@@H]1CNCCN1C(=O)C1=Cc2cc(Cl)ccc2OC1. The van der Waals surface area contributed by atoms with Gasteiger partial charge in [-0.15, -0.1) is 0 Å². The average molecular weight is 293 g/mol. The van der Waals surface area contributed by atoms with Crippen LogP contribution in [-0.4, -0.2) is 43.1 Å². The molecule has 2 aliphatic rings. The van der Waals surface area contributed by atoms with Crippen molar-refractivity contribution in [3.63, 3.8) is 0 Å². The van der Waals surface area contributed by atoms with Crippen LogP contribution in [-0.2, 0) is 4.79 Å². The molecule has 0 unspecified atom stereocenters. The van der Waals surface area contributed by atoms with Gasteiger partial charge in [-0.1, -0.05) is 11.6 Å². The number of nitrogens with one attached hydrogen (secondary N) is 1. The summed E-state index contributed by atoms with van der Waals surface area (Å²) in [6.45, 7) is 4.79. The van der Waals surface area contributed by atoms with Crippen LogP contribution in [0.4, 0.5) is 0 Å². The smallest absolute Gasteiger partial charge is 0.253 e. The summed E-state index contributed by atoms with van der Waals surface area (Å²) in [6.07, 6.45) is 1.89. The summed E-state index contributed by atoms with van der Waals surface area (Å²) < 4.78 is 5.65. The molecule has 106 valence electrons. The topological polar surface area (TPSA) is 41.6 Å². The number of hydrogen-bond donors (Lipinski definition) is 1. The molecule has 1 aromatic carbocycles. The Balaban J connectivity index is 1.85. The van der Waals surface area contributed by atoms with Crippen molar-refractivity contribution in [3.05, 3.63) is 34.4 Å². The minimum atomic E-state index is 0.0598. The standard InChI is InChI=1S/C15H17ClN2O2/c1-10-8-17-4-5-18(10)15(19)12-6-11-7-13(16)2-3-14(11)20-9-12/h2-3,6-7,10,17H,4-5,8-9H2,1H3/t10-/m1/s1. The molecule has 3 rings (SSSR count). The molecule has 0 spiro atoms. The maximum absolute atomic E-state index is 12.6. The zero-order valence-electron chi connectivity index (χ0n) is 11.4. The summed E-state index contributed by atoms with van der Waals surface area (Å²) in [4.78, 5) is 14.5. The van der Waals surface area contributed by atoms with E-state index in [2.05, 4.69) is 12.2 Å². The molecular formula is C15H17ClN2O2. The monoisotopic (exact) mass is 292 g/mol.